The molecular weight excluding hydrogens is 1010 g/mol. The van der Waals surface area contributed by atoms with Crippen LogP contribution < -0.4 is 0 Å². The lowest BCUT2D eigenvalue weighted by molar-refractivity contribution is -0.166. The van der Waals surface area contributed by atoms with E-state index in [1.54, 1.807) is 6.08 Å². The summed E-state index contributed by atoms with van der Waals surface area (Å²) in [6.07, 6.45) is 98.9. The third-order valence-corrected chi connectivity index (χ3v) is 14.1. The molecule has 0 aromatic heterocycles. The van der Waals surface area contributed by atoms with Crippen LogP contribution in [0.25, 0.3) is 0 Å². The molecule has 464 valence electrons. The molecule has 0 aliphatic heterocycles. The van der Waals surface area contributed by atoms with Crippen molar-refractivity contribution in [2.45, 2.75) is 303 Å². The second-order valence-electron chi connectivity index (χ2n) is 22.0. The number of carbonyl (C=O) groups excluding carboxylic acids is 3. The molecule has 0 aliphatic carbocycles. The van der Waals surface area contributed by atoms with Crippen LogP contribution in [0.2, 0.25) is 0 Å². The zero-order valence-corrected chi connectivity index (χ0v) is 53.2. The predicted molar refractivity (Wildman–Crippen MR) is 357 cm³/mol. The number of carbonyl (C=O) groups is 3. The van der Waals surface area contributed by atoms with E-state index in [2.05, 4.69) is 154 Å². The normalized spacial score (nSPS) is 13.1. The first-order valence-corrected chi connectivity index (χ1v) is 33.8. The Hall–Kier alpha value is -4.71. The van der Waals surface area contributed by atoms with Crippen molar-refractivity contribution in [3.05, 3.63) is 146 Å². The van der Waals surface area contributed by atoms with E-state index in [4.69, 9.17) is 14.2 Å². The summed E-state index contributed by atoms with van der Waals surface area (Å²) in [5, 5.41) is 0. The summed E-state index contributed by atoms with van der Waals surface area (Å²) >= 11 is 0. The lowest BCUT2D eigenvalue weighted by Gasteiger charge is -2.18. The molecule has 0 amide bonds. The first-order chi connectivity index (χ1) is 40.5. The van der Waals surface area contributed by atoms with Gasteiger partial charge >= 0.3 is 17.9 Å². The SMILES string of the molecule is CC/C=C\C/C=C\C/C=C\C/C=C\C/C=C\C/C=C\C/C=C\CCCCCCCCCCCCCC(=O)OCC(COC(=O)C/C=C\C/C=C\C/C=C\C/C=C\C/C=C\CC)OC(=O)CCCCCCCCCCCCCCCCCC. The van der Waals surface area contributed by atoms with Crippen molar-refractivity contribution in [3.8, 4) is 0 Å². The van der Waals surface area contributed by atoms with Crippen LogP contribution in [0.15, 0.2) is 146 Å². The summed E-state index contributed by atoms with van der Waals surface area (Å²) in [7, 11) is 0. The van der Waals surface area contributed by atoms with E-state index in [0.717, 1.165) is 116 Å². The zero-order chi connectivity index (χ0) is 59.2. The van der Waals surface area contributed by atoms with Crippen LogP contribution in [-0.2, 0) is 28.6 Å². The Morgan fingerprint density at radius 1 is 0.268 bits per heavy atom. The van der Waals surface area contributed by atoms with Gasteiger partial charge in [-0.25, -0.2) is 0 Å². The number of ether oxygens (including phenoxy) is 3. The predicted octanol–water partition coefficient (Wildman–Crippen LogP) is 23.5. The quantitative estimate of drug-likeness (QED) is 0.0261. The molecule has 6 nitrogen and oxygen atoms in total. The number of unbranched alkanes of at least 4 members (excludes halogenated alkanes) is 26. The highest BCUT2D eigenvalue weighted by Crippen LogP contribution is 2.16. The van der Waals surface area contributed by atoms with E-state index in [1.807, 2.05) is 6.08 Å². The molecule has 0 spiro atoms. The minimum Gasteiger partial charge on any atom is -0.462 e. The molecule has 0 heterocycles. The fourth-order valence-corrected chi connectivity index (χ4v) is 9.14. The molecule has 0 N–H and O–H groups in total. The standard InChI is InChI=1S/C76H124O6/c1-4-7-10-13-16-19-22-25-28-30-31-32-33-34-35-36-37-38-39-40-41-42-43-44-45-46-49-51-54-57-60-63-66-69-75(78)81-72-73(71-80-74(77)68-65-62-59-56-53-50-47-27-24-21-18-15-12-9-6-3)82-76(79)70-67-64-61-58-55-52-48-29-26-23-20-17-14-11-8-5-2/h7,9-10,12,16,18-19,21,25,27-28,31-32,34-35,37-38,40-41,47,53,56,62,65,73H,4-6,8,11,13-15,17,20,22-24,26,29-30,33,36,39,42-46,48-52,54-55,57-61,63-64,66-72H2,1-3H3/b10-7-,12-9-,19-16-,21-18-,28-25-,32-31-,35-34-,38-37-,41-40-,47-27-,56-53-,65-62-. The van der Waals surface area contributed by atoms with E-state index >= 15 is 0 Å². The van der Waals surface area contributed by atoms with Gasteiger partial charge in [-0.2, -0.15) is 0 Å². The van der Waals surface area contributed by atoms with Crippen LogP contribution in [0, 0.1) is 0 Å². The van der Waals surface area contributed by atoms with Gasteiger partial charge < -0.3 is 14.2 Å². The van der Waals surface area contributed by atoms with Gasteiger partial charge in [-0.15, -0.1) is 0 Å². The second-order valence-corrected chi connectivity index (χ2v) is 22.0. The maximum absolute atomic E-state index is 12.9. The van der Waals surface area contributed by atoms with Gasteiger partial charge in [-0.3, -0.25) is 14.4 Å². The lowest BCUT2D eigenvalue weighted by atomic mass is 10.0. The van der Waals surface area contributed by atoms with Crippen molar-refractivity contribution >= 4 is 17.9 Å². The monoisotopic (exact) mass is 1130 g/mol. The minimum absolute atomic E-state index is 0.111. The summed E-state index contributed by atoms with van der Waals surface area (Å²) in [6.45, 7) is 6.34. The van der Waals surface area contributed by atoms with Crippen LogP contribution in [0.1, 0.15) is 297 Å². The first-order valence-electron chi connectivity index (χ1n) is 33.8. The molecular formula is C76H124O6. The van der Waals surface area contributed by atoms with Crippen LogP contribution in [0.5, 0.6) is 0 Å². The van der Waals surface area contributed by atoms with Gasteiger partial charge in [0.15, 0.2) is 6.10 Å². The van der Waals surface area contributed by atoms with Gasteiger partial charge in [0.2, 0.25) is 0 Å². The molecule has 0 saturated heterocycles. The van der Waals surface area contributed by atoms with E-state index in [-0.39, 0.29) is 31.6 Å². The van der Waals surface area contributed by atoms with Gasteiger partial charge in [0.25, 0.3) is 0 Å². The molecule has 0 aliphatic rings. The van der Waals surface area contributed by atoms with E-state index in [0.29, 0.717) is 12.8 Å². The Bertz CT molecular complexity index is 1780. The number of rotatable bonds is 60. The molecule has 0 aromatic rings. The maximum atomic E-state index is 12.9. The maximum Gasteiger partial charge on any atom is 0.309 e. The summed E-state index contributed by atoms with van der Waals surface area (Å²) in [5.74, 6) is -1.04. The van der Waals surface area contributed by atoms with Crippen molar-refractivity contribution in [1.82, 2.24) is 0 Å². The van der Waals surface area contributed by atoms with Crippen molar-refractivity contribution in [2.24, 2.45) is 0 Å². The topological polar surface area (TPSA) is 78.9 Å². The molecule has 0 radical (unpaired) electrons. The first kappa shape index (κ1) is 77.3. The average molecular weight is 1130 g/mol. The molecule has 0 aromatic carbocycles. The van der Waals surface area contributed by atoms with Crippen molar-refractivity contribution < 1.29 is 28.6 Å². The molecule has 0 fully saturated rings. The summed E-state index contributed by atoms with van der Waals surface area (Å²) in [5.41, 5.74) is 0. The van der Waals surface area contributed by atoms with Gasteiger partial charge in [0.1, 0.15) is 13.2 Å². The van der Waals surface area contributed by atoms with Crippen LogP contribution in [0.3, 0.4) is 0 Å². The molecule has 0 saturated carbocycles. The molecule has 82 heavy (non-hydrogen) atoms. The summed E-state index contributed by atoms with van der Waals surface area (Å²) in [6, 6.07) is 0. The number of allylic oxidation sites excluding steroid dienone is 23. The molecule has 0 rings (SSSR count). The minimum atomic E-state index is -0.823. The smallest absolute Gasteiger partial charge is 0.309 e. The Labute approximate surface area is 506 Å². The third-order valence-electron chi connectivity index (χ3n) is 14.1. The lowest BCUT2D eigenvalue weighted by Crippen LogP contribution is -2.30. The van der Waals surface area contributed by atoms with Crippen molar-refractivity contribution in [2.75, 3.05) is 13.2 Å². The second kappa shape index (κ2) is 68.8. The summed E-state index contributed by atoms with van der Waals surface area (Å²) < 4.78 is 16.8. The van der Waals surface area contributed by atoms with Crippen molar-refractivity contribution in [1.29, 1.82) is 0 Å². The Kier molecular flexibility index (Phi) is 64.8. The van der Waals surface area contributed by atoms with E-state index < -0.39 is 12.1 Å². The van der Waals surface area contributed by atoms with Gasteiger partial charge in [0, 0.05) is 12.8 Å². The molecule has 1 atom stereocenters. The third kappa shape index (κ3) is 66.1. The van der Waals surface area contributed by atoms with Gasteiger partial charge in [0.05, 0.1) is 6.42 Å². The Morgan fingerprint density at radius 2 is 0.524 bits per heavy atom. The fourth-order valence-electron chi connectivity index (χ4n) is 9.14. The zero-order valence-electron chi connectivity index (χ0n) is 53.2. The average Bonchev–Trinajstić information content (AvgIpc) is 3.47. The number of hydrogen-bond acceptors (Lipinski definition) is 6. The number of esters is 3. The van der Waals surface area contributed by atoms with E-state index in [9.17, 15) is 14.4 Å². The van der Waals surface area contributed by atoms with Crippen LogP contribution >= 0.6 is 0 Å². The molecule has 6 heteroatoms. The molecule has 0 bridgehead atoms. The largest absolute Gasteiger partial charge is 0.462 e. The highest BCUT2D eigenvalue weighted by Gasteiger charge is 2.19. The fraction of sp³-hybridized carbons (Fsp3) is 0.645. The highest BCUT2D eigenvalue weighted by molar-refractivity contribution is 5.72. The van der Waals surface area contributed by atoms with E-state index in [1.165, 1.54) is 141 Å². The molecule has 1 unspecified atom stereocenters. The van der Waals surface area contributed by atoms with Gasteiger partial charge in [-0.05, 0) is 103 Å². The van der Waals surface area contributed by atoms with Crippen LogP contribution in [-0.4, -0.2) is 37.2 Å². The number of hydrogen-bond donors (Lipinski definition) is 0. The van der Waals surface area contributed by atoms with Gasteiger partial charge in [-0.1, -0.05) is 321 Å². The summed E-state index contributed by atoms with van der Waals surface area (Å²) in [4.78, 5) is 38.3. The van der Waals surface area contributed by atoms with Crippen LogP contribution in [0.4, 0.5) is 0 Å². The van der Waals surface area contributed by atoms with Crippen molar-refractivity contribution in [3.63, 3.8) is 0 Å². The Balaban J connectivity index is 4.32. The Morgan fingerprint density at radius 3 is 0.854 bits per heavy atom. The highest BCUT2D eigenvalue weighted by atomic mass is 16.6.